The summed E-state index contributed by atoms with van der Waals surface area (Å²) in [5.74, 6) is 0. The molecule has 0 atom stereocenters. The van der Waals surface area contributed by atoms with Gasteiger partial charge in [0.2, 0.25) is 0 Å². The zero-order valence-electron chi connectivity index (χ0n) is 10.6. The molecule has 2 rings (SSSR count). The molecule has 0 aliphatic carbocycles. The Morgan fingerprint density at radius 2 is 1.63 bits per heavy atom. The van der Waals surface area contributed by atoms with Gasteiger partial charge in [-0.25, -0.2) is 4.79 Å². The van der Waals surface area contributed by atoms with E-state index in [9.17, 15) is 4.79 Å². The van der Waals surface area contributed by atoms with E-state index in [0.29, 0.717) is 0 Å². The molecule has 0 radical (unpaired) electrons. The molecule has 19 heavy (non-hydrogen) atoms. The lowest BCUT2D eigenvalue weighted by molar-refractivity contribution is -0.123. The predicted molar refractivity (Wildman–Crippen MR) is 72.5 cm³/mol. The third kappa shape index (κ3) is 3.56. The van der Waals surface area contributed by atoms with Gasteiger partial charge in [-0.2, -0.15) is 5.06 Å². The first kappa shape index (κ1) is 13.1. The van der Waals surface area contributed by atoms with Gasteiger partial charge in [-0.05, 0) is 16.7 Å². The van der Waals surface area contributed by atoms with Gasteiger partial charge in [-0.3, -0.25) is 4.84 Å². The average molecular weight is 257 g/mol. The molecule has 0 aromatic heterocycles. The topological polar surface area (TPSA) is 49.8 Å². The van der Waals surface area contributed by atoms with E-state index in [-0.39, 0.29) is 6.61 Å². The van der Waals surface area contributed by atoms with E-state index in [1.165, 1.54) is 7.05 Å². The van der Waals surface area contributed by atoms with Crippen LogP contribution in [0.4, 0.5) is 4.79 Å². The molecule has 1 N–H and O–H groups in total. The normalized spacial score (nSPS) is 10.2. The number of benzene rings is 2. The largest absolute Gasteiger partial charge is 0.463 e. The molecule has 0 bridgehead atoms. The van der Waals surface area contributed by atoms with Crippen LogP contribution in [0.3, 0.4) is 0 Å². The molecule has 1 amide bonds. The van der Waals surface area contributed by atoms with Gasteiger partial charge < -0.3 is 5.11 Å². The fourth-order valence-corrected chi connectivity index (χ4v) is 1.65. The summed E-state index contributed by atoms with van der Waals surface area (Å²) in [7, 11) is 1.36. The van der Waals surface area contributed by atoms with Crippen molar-refractivity contribution >= 4 is 6.09 Å². The maximum absolute atomic E-state index is 10.6. The Morgan fingerprint density at radius 3 is 2.21 bits per heavy atom. The SMILES string of the molecule is CN(OCc1ccc(-c2ccccc2)cc1)C(=O)O. The Kier molecular flexibility index (Phi) is 4.15. The second-order valence-electron chi connectivity index (χ2n) is 4.12. The lowest BCUT2D eigenvalue weighted by Crippen LogP contribution is -2.24. The van der Waals surface area contributed by atoms with Gasteiger partial charge in [0, 0.05) is 7.05 Å². The van der Waals surface area contributed by atoms with Gasteiger partial charge in [0.15, 0.2) is 0 Å². The fourth-order valence-electron chi connectivity index (χ4n) is 1.65. The summed E-state index contributed by atoms with van der Waals surface area (Å²) in [4.78, 5) is 15.6. The van der Waals surface area contributed by atoms with Crippen molar-refractivity contribution in [3.8, 4) is 11.1 Å². The van der Waals surface area contributed by atoms with Gasteiger partial charge in [0.1, 0.15) is 6.61 Å². The summed E-state index contributed by atoms with van der Waals surface area (Å²) in [6, 6.07) is 17.9. The Labute approximate surface area is 111 Å². The van der Waals surface area contributed by atoms with Crippen molar-refractivity contribution in [1.29, 1.82) is 0 Å². The van der Waals surface area contributed by atoms with E-state index in [0.717, 1.165) is 21.8 Å². The van der Waals surface area contributed by atoms with E-state index in [2.05, 4.69) is 0 Å². The first-order valence-electron chi connectivity index (χ1n) is 5.91. The molecule has 0 fully saturated rings. The number of hydroxylamine groups is 2. The Hall–Kier alpha value is -2.33. The minimum atomic E-state index is -1.11. The second kappa shape index (κ2) is 6.02. The summed E-state index contributed by atoms with van der Waals surface area (Å²) < 4.78 is 0. The number of amides is 1. The summed E-state index contributed by atoms with van der Waals surface area (Å²) in [6.45, 7) is 0.234. The number of hydrogen-bond donors (Lipinski definition) is 1. The van der Waals surface area contributed by atoms with E-state index in [4.69, 9.17) is 9.94 Å². The van der Waals surface area contributed by atoms with Crippen LogP contribution < -0.4 is 0 Å². The van der Waals surface area contributed by atoms with Gasteiger partial charge >= 0.3 is 6.09 Å². The number of nitrogens with zero attached hydrogens (tertiary/aromatic N) is 1. The zero-order chi connectivity index (χ0) is 13.7. The molecule has 0 aliphatic rings. The van der Waals surface area contributed by atoms with Crippen LogP contribution >= 0.6 is 0 Å². The van der Waals surface area contributed by atoms with Crippen LogP contribution in [0.5, 0.6) is 0 Å². The maximum Gasteiger partial charge on any atom is 0.431 e. The molecule has 0 heterocycles. The predicted octanol–water partition coefficient (Wildman–Crippen LogP) is 3.40. The van der Waals surface area contributed by atoms with Crippen molar-refractivity contribution in [1.82, 2.24) is 5.06 Å². The van der Waals surface area contributed by atoms with Crippen molar-refractivity contribution in [3.63, 3.8) is 0 Å². The highest BCUT2D eigenvalue weighted by Crippen LogP contribution is 2.19. The van der Waals surface area contributed by atoms with E-state index in [1.807, 2.05) is 54.6 Å². The molecule has 0 aliphatic heterocycles. The summed E-state index contributed by atoms with van der Waals surface area (Å²) in [5, 5.41) is 9.45. The Morgan fingerprint density at radius 1 is 1.05 bits per heavy atom. The molecule has 0 saturated heterocycles. The Bertz CT molecular complexity index is 537. The molecule has 0 spiro atoms. The van der Waals surface area contributed by atoms with Gasteiger partial charge in [0.25, 0.3) is 0 Å². The van der Waals surface area contributed by atoms with Crippen LogP contribution in [0.1, 0.15) is 5.56 Å². The minimum absolute atomic E-state index is 0.234. The molecule has 4 nitrogen and oxygen atoms in total. The quantitative estimate of drug-likeness (QED) is 0.854. The van der Waals surface area contributed by atoms with Crippen LogP contribution in [0.25, 0.3) is 11.1 Å². The van der Waals surface area contributed by atoms with Crippen LogP contribution in [-0.4, -0.2) is 23.3 Å². The highest BCUT2D eigenvalue weighted by Gasteiger charge is 2.05. The fraction of sp³-hybridized carbons (Fsp3) is 0.133. The highest BCUT2D eigenvalue weighted by molar-refractivity contribution is 5.63. The standard InChI is InChI=1S/C15H15NO3/c1-16(15(17)18)19-11-12-7-9-14(10-8-12)13-5-3-2-4-6-13/h2-10H,11H2,1H3,(H,17,18). The summed E-state index contributed by atoms with van der Waals surface area (Å²) in [5.41, 5.74) is 3.20. The molecule has 2 aromatic rings. The monoisotopic (exact) mass is 257 g/mol. The zero-order valence-corrected chi connectivity index (χ0v) is 10.6. The molecule has 2 aromatic carbocycles. The number of carboxylic acid groups (broad SMARTS) is 1. The van der Waals surface area contributed by atoms with E-state index < -0.39 is 6.09 Å². The molecule has 98 valence electrons. The van der Waals surface area contributed by atoms with Crippen LogP contribution in [0.15, 0.2) is 54.6 Å². The maximum atomic E-state index is 10.6. The smallest absolute Gasteiger partial charge is 0.431 e. The molecule has 0 saturated carbocycles. The number of rotatable bonds is 4. The first-order chi connectivity index (χ1) is 9.16. The molecule has 4 heteroatoms. The minimum Gasteiger partial charge on any atom is -0.463 e. The molecule has 0 unspecified atom stereocenters. The number of hydrogen-bond acceptors (Lipinski definition) is 2. The number of carbonyl (C=O) groups is 1. The Balaban J connectivity index is 2.01. The lowest BCUT2D eigenvalue weighted by atomic mass is 10.0. The third-order valence-corrected chi connectivity index (χ3v) is 2.76. The van der Waals surface area contributed by atoms with Gasteiger partial charge in [-0.1, -0.05) is 54.6 Å². The molecular formula is C15H15NO3. The highest BCUT2D eigenvalue weighted by atomic mass is 16.7. The van der Waals surface area contributed by atoms with Crippen molar-refractivity contribution in [3.05, 3.63) is 60.2 Å². The van der Waals surface area contributed by atoms with Crippen molar-refractivity contribution in [2.45, 2.75) is 6.61 Å². The summed E-state index contributed by atoms with van der Waals surface area (Å²) >= 11 is 0. The van der Waals surface area contributed by atoms with Crippen molar-refractivity contribution in [2.75, 3.05) is 7.05 Å². The molecular weight excluding hydrogens is 242 g/mol. The van der Waals surface area contributed by atoms with Crippen LogP contribution in [0, 0.1) is 0 Å². The van der Waals surface area contributed by atoms with Crippen molar-refractivity contribution in [2.24, 2.45) is 0 Å². The summed E-state index contributed by atoms with van der Waals surface area (Å²) in [6.07, 6.45) is -1.11. The lowest BCUT2D eigenvalue weighted by Gasteiger charge is -2.12. The third-order valence-electron chi connectivity index (χ3n) is 2.76. The van der Waals surface area contributed by atoms with Crippen LogP contribution in [-0.2, 0) is 11.4 Å². The van der Waals surface area contributed by atoms with Gasteiger partial charge in [-0.15, -0.1) is 0 Å². The van der Waals surface area contributed by atoms with E-state index in [1.54, 1.807) is 0 Å². The second-order valence-corrected chi connectivity index (χ2v) is 4.12. The van der Waals surface area contributed by atoms with Crippen molar-refractivity contribution < 1.29 is 14.7 Å². The van der Waals surface area contributed by atoms with E-state index >= 15 is 0 Å². The first-order valence-corrected chi connectivity index (χ1v) is 5.91. The van der Waals surface area contributed by atoms with Gasteiger partial charge in [0.05, 0.1) is 0 Å². The average Bonchev–Trinajstić information content (AvgIpc) is 2.46. The van der Waals surface area contributed by atoms with Crippen LogP contribution in [0.2, 0.25) is 0 Å².